The summed E-state index contributed by atoms with van der Waals surface area (Å²) >= 11 is 3.30. The summed E-state index contributed by atoms with van der Waals surface area (Å²) in [6.07, 6.45) is -0.538. The van der Waals surface area contributed by atoms with Crippen molar-refractivity contribution in [2.75, 3.05) is 6.61 Å². The van der Waals surface area contributed by atoms with Gasteiger partial charge in [0.1, 0.15) is 6.04 Å². The molecule has 1 aromatic rings. The predicted octanol–water partition coefficient (Wildman–Crippen LogP) is 2.06. The average Bonchev–Trinajstić information content (AvgIpc) is 2.90. The number of hydrogen-bond donors (Lipinski definition) is 1. The quantitative estimate of drug-likeness (QED) is 0.786. The fourth-order valence-electron chi connectivity index (χ4n) is 2.12. The molecule has 1 fully saturated rings. The van der Waals surface area contributed by atoms with Gasteiger partial charge < -0.3 is 14.8 Å². The van der Waals surface area contributed by atoms with Crippen LogP contribution in [0.5, 0.6) is 0 Å². The van der Waals surface area contributed by atoms with Crippen molar-refractivity contribution in [1.29, 1.82) is 0 Å². The Balaban J connectivity index is 2.02. The second-order valence-electron chi connectivity index (χ2n) is 5.58. The van der Waals surface area contributed by atoms with Crippen molar-refractivity contribution in [3.8, 4) is 0 Å². The normalized spacial score (nSPS) is 18.4. The molecular weight excluding hydrogens is 366 g/mol. The lowest BCUT2D eigenvalue weighted by Crippen LogP contribution is -2.46. The molecule has 1 heterocycles. The van der Waals surface area contributed by atoms with E-state index >= 15 is 0 Å². The van der Waals surface area contributed by atoms with E-state index in [1.54, 1.807) is 38.1 Å². The number of hydrogen-bond acceptors (Lipinski definition) is 5. The SMILES string of the molecule is CC(C)[C@H](NC(=O)c1ccc(Br)cc1)C(=O)O[C@H]1CCOC1=O. The van der Waals surface area contributed by atoms with E-state index in [-0.39, 0.29) is 18.4 Å². The first-order chi connectivity index (χ1) is 10.9. The highest BCUT2D eigenvalue weighted by molar-refractivity contribution is 9.10. The van der Waals surface area contributed by atoms with Gasteiger partial charge in [0.05, 0.1) is 6.61 Å². The van der Waals surface area contributed by atoms with Crippen LogP contribution < -0.4 is 5.32 Å². The first kappa shape index (κ1) is 17.5. The van der Waals surface area contributed by atoms with E-state index in [2.05, 4.69) is 21.2 Å². The van der Waals surface area contributed by atoms with E-state index in [1.807, 2.05) is 0 Å². The van der Waals surface area contributed by atoms with Gasteiger partial charge in [-0.15, -0.1) is 0 Å². The molecule has 0 unspecified atom stereocenters. The molecule has 0 spiro atoms. The maximum atomic E-state index is 12.3. The zero-order chi connectivity index (χ0) is 17.0. The monoisotopic (exact) mass is 383 g/mol. The van der Waals surface area contributed by atoms with Crippen LogP contribution in [0.3, 0.4) is 0 Å². The number of esters is 2. The summed E-state index contributed by atoms with van der Waals surface area (Å²) in [7, 11) is 0. The van der Waals surface area contributed by atoms with Gasteiger partial charge in [-0.3, -0.25) is 4.79 Å². The van der Waals surface area contributed by atoms with Crippen LogP contribution in [0.25, 0.3) is 0 Å². The number of ether oxygens (including phenoxy) is 2. The van der Waals surface area contributed by atoms with Gasteiger partial charge >= 0.3 is 11.9 Å². The van der Waals surface area contributed by atoms with Crippen molar-refractivity contribution in [2.24, 2.45) is 5.92 Å². The average molecular weight is 384 g/mol. The topological polar surface area (TPSA) is 81.7 Å². The molecule has 124 valence electrons. The van der Waals surface area contributed by atoms with Gasteiger partial charge in [0, 0.05) is 16.5 Å². The molecule has 1 amide bonds. The summed E-state index contributed by atoms with van der Waals surface area (Å²) in [5.41, 5.74) is 0.437. The highest BCUT2D eigenvalue weighted by Gasteiger charge is 2.34. The van der Waals surface area contributed by atoms with Crippen molar-refractivity contribution < 1.29 is 23.9 Å². The van der Waals surface area contributed by atoms with Crippen molar-refractivity contribution in [3.63, 3.8) is 0 Å². The van der Waals surface area contributed by atoms with E-state index in [0.717, 1.165) is 4.47 Å². The minimum absolute atomic E-state index is 0.181. The van der Waals surface area contributed by atoms with Crippen LogP contribution in [-0.2, 0) is 19.1 Å². The molecule has 7 heteroatoms. The summed E-state index contributed by atoms with van der Waals surface area (Å²) in [5, 5.41) is 2.66. The van der Waals surface area contributed by atoms with Crippen LogP contribution in [0.15, 0.2) is 28.7 Å². The fraction of sp³-hybridized carbons (Fsp3) is 0.438. The molecule has 1 aliphatic rings. The molecule has 6 nitrogen and oxygen atoms in total. The van der Waals surface area contributed by atoms with Gasteiger partial charge in [0.25, 0.3) is 5.91 Å². The zero-order valence-electron chi connectivity index (χ0n) is 12.9. The number of nitrogens with one attached hydrogen (secondary N) is 1. The third-order valence-electron chi connectivity index (χ3n) is 3.46. The molecule has 2 atom stereocenters. The molecule has 0 bridgehead atoms. The Labute approximate surface area is 142 Å². The first-order valence-electron chi connectivity index (χ1n) is 7.32. The highest BCUT2D eigenvalue weighted by atomic mass is 79.9. The van der Waals surface area contributed by atoms with Crippen LogP contribution in [0.1, 0.15) is 30.6 Å². The van der Waals surface area contributed by atoms with Crippen LogP contribution in [0, 0.1) is 5.92 Å². The van der Waals surface area contributed by atoms with E-state index in [4.69, 9.17) is 9.47 Å². The summed E-state index contributed by atoms with van der Waals surface area (Å²) in [4.78, 5) is 35.9. The maximum absolute atomic E-state index is 12.3. The molecule has 0 saturated carbocycles. The van der Waals surface area contributed by atoms with Gasteiger partial charge in [-0.2, -0.15) is 0 Å². The number of carbonyl (C=O) groups is 3. The summed E-state index contributed by atoms with van der Waals surface area (Å²) in [5.74, 6) is -1.73. The van der Waals surface area contributed by atoms with Crippen LogP contribution in [-0.4, -0.2) is 36.6 Å². The molecule has 0 aromatic heterocycles. The Morgan fingerprint density at radius 3 is 2.48 bits per heavy atom. The van der Waals surface area contributed by atoms with E-state index in [1.165, 1.54) is 0 Å². The van der Waals surface area contributed by atoms with Crippen LogP contribution in [0.4, 0.5) is 0 Å². The lowest BCUT2D eigenvalue weighted by molar-refractivity contribution is -0.162. The van der Waals surface area contributed by atoms with Gasteiger partial charge in [-0.1, -0.05) is 29.8 Å². The Bertz CT molecular complexity index is 599. The number of cyclic esters (lactones) is 1. The third kappa shape index (κ3) is 4.54. The molecule has 0 radical (unpaired) electrons. The molecule has 1 N–H and O–H groups in total. The Kier molecular flexibility index (Phi) is 5.76. The van der Waals surface area contributed by atoms with Crippen LogP contribution >= 0.6 is 15.9 Å². The number of carbonyl (C=O) groups excluding carboxylic acids is 3. The van der Waals surface area contributed by atoms with Crippen LogP contribution in [0.2, 0.25) is 0 Å². The lowest BCUT2D eigenvalue weighted by atomic mass is 10.0. The molecule has 1 aromatic carbocycles. The Hall–Kier alpha value is -1.89. The molecule has 1 saturated heterocycles. The number of benzene rings is 1. The van der Waals surface area contributed by atoms with Gasteiger partial charge in [0.2, 0.25) is 6.10 Å². The fourth-order valence-corrected chi connectivity index (χ4v) is 2.39. The van der Waals surface area contributed by atoms with Gasteiger partial charge in [-0.05, 0) is 30.2 Å². The van der Waals surface area contributed by atoms with Crippen molar-refractivity contribution >= 4 is 33.8 Å². The molecule has 2 rings (SSSR count). The number of rotatable bonds is 5. The minimum atomic E-state index is -0.881. The maximum Gasteiger partial charge on any atom is 0.347 e. The van der Waals surface area contributed by atoms with Gasteiger partial charge in [-0.25, -0.2) is 9.59 Å². The molecule has 1 aliphatic heterocycles. The van der Waals surface area contributed by atoms with E-state index < -0.39 is 24.1 Å². The second kappa shape index (κ2) is 7.59. The largest absolute Gasteiger partial charge is 0.463 e. The van der Waals surface area contributed by atoms with Crippen molar-refractivity contribution in [3.05, 3.63) is 34.3 Å². The highest BCUT2D eigenvalue weighted by Crippen LogP contribution is 2.15. The standard InChI is InChI=1S/C16H18BrNO5/c1-9(2)13(16(21)23-12-7-8-22-15(12)20)18-14(19)10-3-5-11(17)6-4-10/h3-6,9,12-13H,7-8H2,1-2H3,(H,18,19)/t12-,13-/m0/s1. The second-order valence-corrected chi connectivity index (χ2v) is 6.50. The zero-order valence-corrected chi connectivity index (χ0v) is 14.5. The summed E-state index contributed by atoms with van der Waals surface area (Å²) < 4.78 is 10.8. The molecule has 0 aliphatic carbocycles. The molecule has 23 heavy (non-hydrogen) atoms. The van der Waals surface area contributed by atoms with Gasteiger partial charge in [0.15, 0.2) is 0 Å². The van der Waals surface area contributed by atoms with E-state index in [0.29, 0.717) is 12.0 Å². The third-order valence-corrected chi connectivity index (χ3v) is 3.99. The van der Waals surface area contributed by atoms with Crippen molar-refractivity contribution in [2.45, 2.75) is 32.4 Å². The number of amides is 1. The summed E-state index contributed by atoms with van der Waals surface area (Å²) in [6.45, 7) is 3.83. The van der Waals surface area contributed by atoms with E-state index in [9.17, 15) is 14.4 Å². The first-order valence-corrected chi connectivity index (χ1v) is 8.11. The Morgan fingerprint density at radius 2 is 1.96 bits per heavy atom. The lowest BCUT2D eigenvalue weighted by Gasteiger charge is -2.22. The minimum Gasteiger partial charge on any atom is -0.463 e. The van der Waals surface area contributed by atoms with Crippen molar-refractivity contribution in [1.82, 2.24) is 5.32 Å². The smallest absolute Gasteiger partial charge is 0.347 e. The Morgan fingerprint density at radius 1 is 1.30 bits per heavy atom. The number of halogens is 1. The predicted molar refractivity (Wildman–Crippen MR) is 85.7 cm³/mol. The summed E-state index contributed by atoms with van der Waals surface area (Å²) in [6, 6.07) is 5.95. The molecular formula is C16H18BrNO5.